The molecule has 1 saturated carbocycles. The lowest BCUT2D eigenvalue weighted by molar-refractivity contribution is 0.301. The van der Waals surface area contributed by atoms with Crippen LogP contribution >= 0.6 is 0 Å². The first-order valence-electron chi connectivity index (χ1n) is 4.97. The number of nitrogens with zero attached hydrogens (tertiary/aromatic N) is 3. The first kappa shape index (κ1) is 9.40. The van der Waals surface area contributed by atoms with Crippen LogP contribution in [0.1, 0.15) is 18.5 Å². The standard InChI is InChI=1S/C10H15N3O/c1-8-6-10(12-7-11-8)13(4-5-14)9-2-3-9/h6-7,9,14H,2-5H2,1H3. The van der Waals surface area contributed by atoms with Crippen molar-refractivity contribution in [1.29, 1.82) is 0 Å². The van der Waals surface area contributed by atoms with Gasteiger partial charge in [-0.25, -0.2) is 9.97 Å². The summed E-state index contributed by atoms with van der Waals surface area (Å²) in [7, 11) is 0. The Labute approximate surface area is 83.6 Å². The highest BCUT2D eigenvalue weighted by Crippen LogP contribution is 2.30. The average Bonchev–Trinajstić information content (AvgIpc) is 2.97. The number of rotatable bonds is 4. The topological polar surface area (TPSA) is 49.2 Å². The van der Waals surface area contributed by atoms with E-state index < -0.39 is 0 Å². The third kappa shape index (κ3) is 2.01. The van der Waals surface area contributed by atoms with E-state index in [0.29, 0.717) is 12.6 Å². The number of aromatic nitrogens is 2. The predicted molar refractivity (Wildman–Crippen MR) is 54.2 cm³/mol. The van der Waals surface area contributed by atoms with Crippen molar-refractivity contribution in [1.82, 2.24) is 9.97 Å². The molecular weight excluding hydrogens is 178 g/mol. The van der Waals surface area contributed by atoms with Gasteiger partial charge in [-0.05, 0) is 19.8 Å². The summed E-state index contributed by atoms with van der Waals surface area (Å²) in [4.78, 5) is 10.4. The summed E-state index contributed by atoms with van der Waals surface area (Å²) >= 11 is 0. The molecular formula is C10H15N3O. The van der Waals surface area contributed by atoms with Crippen LogP contribution in [-0.2, 0) is 0 Å². The highest BCUT2D eigenvalue weighted by atomic mass is 16.3. The van der Waals surface area contributed by atoms with Crippen molar-refractivity contribution in [2.75, 3.05) is 18.1 Å². The molecule has 14 heavy (non-hydrogen) atoms. The van der Waals surface area contributed by atoms with Crippen LogP contribution < -0.4 is 4.90 Å². The molecule has 0 radical (unpaired) electrons. The fourth-order valence-corrected chi connectivity index (χ4v) is 1.58. The molecule has 76 valence electrons. The summed E-state index contributed by atoms with van der Waals surface area (Å²) in [6.07, 6.45) is 4.00. The summed E-state index contributed by atoms with van der Waals surface area (Å²) in [6, 6.07) is 2.55. The van der Waals surface area contributed by atoms with Crippen LogP contribution in [0.2, 0.25) is 0 Å². The second kappa shape index (κ2) is 3.92. The van der Waals surface area contributed by atoms with Crippen LogP contribution in [0.15, 0.2) is 12.4 Å². The van der Waals surface area contributed by atoms with Crippen LogP contribution in [0, 0.1) is 6.92 Å². The van der Waals surface area contributed by atoms with Gasteiger partial charge >= 0.3 is 0 Å². The van der Waals surface area contributed by atoms with Gasteiger partial charge in [0.1, 0.15) is 12.1 Å². The molecule has 0 amide bonds. The minimum absolute atomic E-state index is 0.180. The van der Waals surface area contributed by atoms with Gasteiger partial charge in [0.25, 0.3) is 0 Å². The van der Waals surface area contributed by atoms with Gasteiger partial charge in [-0.1, -0.05) is 0 Å². The van der Waals surface area contributed by atoms with E-state index in [4.69, 9.17) is 5.11 Å². The number of aliphatic hydroxyl groups is 1. The Morgan fingerprint density at radius 2 is 2.29 bits per heavy atom. The van der Waals surface area contributed by atoms with Crippen molar-refractivity contribution in [3.8, 4) is 0 Å². The van der Waals surface area contributed by atoms with Crippen LogP contribution in [0.3, 0.4) is 0 Å². The van der Waals surface area contributed by atoms with E-state index in [1.807, 2.05) is 13.0 Å². The molecule has 0 atom stereocenters. The number of anilines is 1. The normalized spacial score (nSPS) is 15.6. The molecule has 0 spiro atoms. The Hall–Kier alpha value is -1.16. The zero-order valence-electron chi connectivity index (χ0n) is 8.35. The smallest absolute Gasteiger partial charge is 0.132 e. The van der Waals surface area contributed by atoms with Gasteiger partial charge in [0.2, 0.25) is 0 Å². The second-order valence-electron chi connectivity index (χ2n) is 3.67. The Morgan fingerprint density at radius 1 is 1.50 bits per heavy atom. The molecule has 1 heterocycles. The Morgan fingerprint density at radius 3 is 2.86 bits per heavy atom. The minimum atomic E-state index is 0.180. The van der Waals surface area contributed by atoms with E-state index in [1.54, 1.807) is 6.33 Å². The van der Waals surface area contributed by atoms with Gasteiger partial charge in [-0.3, -0.25) is 0 Å². The molecule has 0 aromatic carbocycles. The Kier molecular flexibility index (Phi) is 2.63. The quantitative estimate of drug-likeness (QED) is 0.766. The number of hydrogen-bond acceptors (Lipinski definition) is 4. The van der Waals surface area contributed by atoms with Crippen molar-refractivity contribution < 1.29 is 5.11 Å². The van der Waals surface area contributed by atoms with Crippen molar-refractivity contribution in [2.24, 2.45) is 0 Å². The van der Waals surface area contributed by atoms with Crippen LogP contribution in [0.4, 0.5) is 5.82 Å². The lowest BCUT2D eigenvalue weighted by atomic mass is 10.4. The fraction of sp³-hybridized carbons (Fsp3) is 0.600. The molecule has 4 nitrogen and oxygen atoms in total. The third-order valence-corrected chi connectivity index (χ3v) is 2.41. The molecule has 0 unspecified atom stereocenters. The first-order chi connectivity index (χ1) is 6.81. The maximum absolute atomic E-state index is 8.96. The van der Waals surface area contributed by atoms with Crippen molar-refractivity contribution in [3.05, 3.63) is 18.1 Å². The SMILES string of the molecule is Cc1cc(N(CCO)C2CC2)ncn1. The monoisotopic (exact) mass is 193 g/mol. The molecule has 1 N–H and O–H groups in total. The summed E-state index contributed by atoms with van der Waals surface area (Å²) in [5.74, 6) is 0.939. The fourth-order valence-electron chi connectivity index (χ4n) is 1.58. The van der Waals surface area contributed by atoms with E-state index in [1.165, 1.54) is 12.8 Å². The number of hydrogen-bond donors (Lipinski definition) is 1. The van der Waals surface area contributed by atoms with E-state index in [9.17, 15) is 0 Å². The summed E-state index contributed by atoms with van der Waals surface area (Å²) < 4.78 is 0. The summed E-state index contributed by atoms with van der Waals surface area (Å²) in [5, 5.41) is 8.96. The van der Waals surface area contributed by atoms with Crippen LogP contribution in [-0.4, -0.2) is 34.3 Å². The van der Waals surface area contributed by atoms with Crippen molar-refractivity contribution >= 4 is 5.82 Å². The van der Waals surface area contributed by atoms with E-state index in [2.05, 4.69) is 14.9 Å². The predicted octanol–water partition coefficient (Wildman–Crippen LogP) is 0.746. The molecule has 1 aliphatic carbocycles. The lowest BCUT2D eigenvalue weighted by Gasteiger charge is -2.22. The highest BCUT2D eigenvalue weighted by molar-refractivity contribution is 5.41. The highest BCUT2D eigenvalue weighted by Gasteiger charge is 2.29. The van der Waals surface area contributed by atoms with Gasteiger partial charge in [0.15, 0.2) is 0 Å². The molecule has 4 heteroatoms. The zero-order chi connectivity index (χ0) is 9.97. The van der Waals surface area contributed by atoms with Crippen LogP contribution in [0.25, 0.3) is 0 Å². The van der Waals surface area contributed by atoms with Gasteiger partial charge in [0, 0.05) is 24.3 Å². The maximum Gasteiger partial charge on any atom is 0.132 e. The first-order valence-corrected chi connectivity index (χ1v) is 4.97. The minimum Gasteiger partial charge on any atom is -0.395 e. The van der Waals surface area contributed by atoms with Gasteiger partial charge in [-0.2, -0.15) is 0 Å². The van der Waals surface area contributed by atoms with Gasteiger partial charge in [0.05, 0.1) is 6.61 Å². The molecule has 2 rings (SSSR count). The van der Waals surface area contributed by atoms with E-state index in [0.717, 1.165) is 11.5 Å². The number of aliphatic hydroxyl groups excluding tert-OH is 1. The van der Waals surface area contributed by atoms with Gasteiger partial charge in [-0.15, -0.1) is 0 Å². The number of aryl methyl sites for hydroxylation is 1. The third-order valence-electron chi connectivity index (χ3n) is 2.41. The van der Waals surface area contributed by atoms with E-state index >= 15 is 0 Å². The Balaban J connectivity index is 2.16. The molecule has 0 aliphatic heterocycles. The molecule has 1 aromatic rings. The molecule has 1 aliphatic rings. The molecule has 1 fully saturated rings. The molecule has 1 aromatic heterocycles. The summed E-state index contributed by atoms with van der Waals surface area (Å²) in [5.41, 5.74) is 0.971. The van der Waals surface area contributed by atoms with Crippen molar-refractivity contribution in [2.45, 2.75) is 25.8 Å². The molecule has 0 bridgehead atoms. The Bertz CT molecular complexity index is 312. The largest absolute Gasteiger partial charge is 0.395 e. The summed E-state index contributed by atoms with van der Waals surface area (Å²) in [6.45, 7) is 2.80. The lowest BCUT2D eigenvalue weighted by Crippen LogP contribution is -2.29. The van der Waals surface area contributed by atoms with Gasteiger partial charge < -0.3 is 10.0 Å². The van der Waals surface area contributed by atoms with E-state index in [-0.39, 0.29) is 6.61 Å². The zero-order valence-corrected chi connectivity index (χ0v) is 8.35. The molecule has 0 saturated heterocycles. The van der Waals surface area contributed by atoms with Crippen molar-refractivity contribution in [3.63, 3.8) is 0 Å². The maximum atomic E-state index is 8.96. The average molecular weight is 193 g/mol. The van der Waals surface area contributed by atoms with Crippen LogP contribution in [0.5, 0.6) is 0 Å². The second-order valence-corrected chi connectivity index (χ2v) is 3.67.